The van der Waals surface area contributed by atoms with Crippen LogP contribution >= 0.6 is 11.6 Å². The van der Waals surface area contributed by atoms with E-state index in [0.29, 0.717) is 39.9 Å². The maximum Gasteiger partial charge on any atom is 0.323 e. The van der Waals surface area contributed by atoms with Gasteiger partial charge in [-0.05, 0) is 48.0 Å². The number of benzene rings is 3. The molecule has 4 N–H and O–H groups in total. The zero-order valence-electron chi connectivity index (χ0n) is 16.5. The highest BCUT2D eigenvalue weighted by atomic mass is 35.5. The number of amides is 2. The monoisotopic (exact) mass is 439 g/mol. The second-order valence-electron chi connectivity index (χ2n) is 6.83. The number of rotatable bonds is 5. The fraction of sp³-hybridized carbons (Fsp3) is 0.0909. The van der Waals surface area contributed by atoms with Crippen LogP contribution in [0.2, 0.25) is 5.02 Å². The number of urea groups is 1. The van der Waals surface area contributed by atoms with Gasteiger partial charge in [0.05, 0.1) is 24.8 Å². The van der Waals surface area contributed by atoms with E-state index in [1.165, 1.54) is 25.6 Å². The van der Waals surface area contributed by atoms with Gasteiger partial charge in [-0.25, -0.2) is 14.2 Å². The van der Waals surface area contributed by atoms with E-state index >= 15 is 0 Å². The molecule has 158 valence electrons. The number of ether oxygens (including phenoxy) is 1. The third kappa shape index (κ3) is 4.39. The molecule has 4 aromatic rings. The molecule has 3 aromatic carbocycles. The molecule has 0 radical (unpaired) electrons. The van der Waals surface area contributed by atoms with E-state index in [0.717, 1.165) is 5.56 Å². The third-order valence-corrected chi connectivity index (χ3v) is 4.91. The Morgan fingerprint density at radius 3 is 2.74 bits per heavy atom. The highest BCUT2D eigenvalue weighted by Crippen LogP contribution is 2.29. The molecule has 7 nitrogen and oxygen atoms in total. The Morgan fingerprint density at radius 1 is 1.16 bits per heavy atom. The average Bonchev–Trinajstić information content (AvgIpc) is 3.15. The fourth-order valence-corrected chi connectivity index (χ4v) is 3.48. The number of nitrogens with two attached hydrogens (primary N) is 1. The lowest BCUT2D eigenvalue weighted by atomic mass is 10.2. The van der Waals surface area contributed by atoms with Crippen molar-refractivity contribution < 1.29 is 13.9 Å². The van der Waals surface area contributed by atoms with Crippen molar-refractivity contribution >= 4 is 45.7 Å². The number of imidazole rings is 1. The molecule has 0 saturated carbocycles. The Kier molecular flexibility index (Phi) is 5.64. The van der Waals surface area contributed by atoms with Crippen molar-refractivity contribution in [1.29, 1.82) is 0 Å². The number of methoxy groups -OCH3 is 1. The Bertz CT molecular complexity index is 1270. The van der Waals surface area contributed by atoms with Crippen molar-refractivity contribution in [1.82, 2.24) is 9.55 Å². The third-order valence-electron chi connectivity index (χ3n) is 4.68. The molecule has 0 fully saturated rings. The van der Waals surface area contributed by atoms with Crippen LogP contribution in [0.5, 0.6) is 5.75 Å². The first-order valence-corrected chi connectivity index (χ1v) is 9.71. The number of hydrogen-bond acceptors (Lipinski definition) is 4. The second kappa shape index (κ2) is 8.53. The first-order chi connectivity index (χ1) is 14.9. The summed E-state index contributed by atoms with van der Waals surface area (Å²) >= 11 is 6.00. The summed E-state index contributed by atoms with van der Waals surface area (Å²) < 4.78 is 21.5. The molecule has 0 bridgehead atoms. The number of nitrogen functional groups attached to an aromatic ring is 1. The Morgan fingerprint density at radius 2 is 1.97 bits per heavy atom. The highest BCUT2D eigenvalue weighted by Gasteiger charge is 2.16. The summed E-state index contributed by atoms with van der Waals surface area (Å²) in [5, 5.41) is 5.83. The number of aromatic nitrogens is 2. The van der Waals surface area contributed by atoms with Crippen molar-refractivity contribution in [2.75, 3.05) is 23.5 Å². The lowest BCUT2D eigenvalue weighted by Crippen LogP contribution is -2.20. The van der Waals surface area contributed by atoms with Crippen molar-refractivity contribution in [2.45, 2.75) is 6.54 Å². The maximum atomic E-state index is 14.6. The minimum Gasteiger partial charge on any atom is -0.495 e. The van der Waals surface area contributed by atoms with E-state index in [2.05, 4.69) is 15.6 Å². The number of carbonyl (C=O) groups excluding carboxylic acids is 1. The molecule has 9 heteroatoms. The van der Waals surface area contributed by atoms with E-state index < -0.39 is 11.8 Å². The molecular weight excluding hydrogens is 421 g/mol. The average molecular weight is 440 g/mol. The van der Waals surface area contributed by atoms with Crippen LogP contribution in [0.1, 0.15) is 5.56 Å². The van der Waals surface area contributed by atoms with Crippen LogP contribution in [0.3, 0.4) is 0 Å². The van der Waals surface area contributed by atoms with Gasteiger partial charge in [0.25, 0.3) is 0 Å². The number of nitrogens with one attached hydrogen (secondary N) is 2. The van der Waals surface area contributed by atoms with Crippen molar-refractivity contribution in [2.24, 2.45) is 0 Å². The van der Waals surface area contributed by atoms with Crippen LogP contribution in [-0.2, 0) is 6.54 Å². The van der Waals surface area contributed by atoms with Gasteiger partial charge in [0, 0.05) is 17.3 Å². The molecule has 31 heavy (non-hydrogen) atoms. The number of carbonyl (C=O) groups is 1. The Hall–Kier alpha value is -3.78. The molecule has 0 atom stereocenters. The topological polar surface area (TPSA) is 94.2 Å². The van der Waals surface area contributed by atoms with Gasteiger partial charge in [0.15, 0.2) is 0 Å². The molecule has 2 amide bonds. The summed E-state index contributed by atoms with van der Waals surface area (Å²) in [4.78, 5) is 16.9. The molecule has 0 aliphatic heterocycles. The predicted octanol–water partition coefficient (Wildman–Crippen LogP) is 5.11. The summed E-state index contributed by atoms with van der Waals surface area (Å²) in [5.41, 5.74) is 8.73. The van der Waals surface area contributed by atoms with Gasteiger partial charge < -0.3 is 25.7 Å². The minimum absolute atomic E-state index is 0.278. The van der Waals surface area contributed by atoms with E-state index in [4.69, 9.17) is 22.1 Å². The fourth-order valence-electron chi connectivity index (χ4n) is 3.31. The molecule has 1 aromatic heterocycles. The Balaban J connectivity index is 1.60. The number of nitrogens with zero attached hydrogens (tertiary/aromatic N) is 2. The first kappa shape index (κ1) is 20.5. The smallest absolute Gasteiger partial charge is 0.323 e. The normalized spacial score (nSPS) is 10.8. The second-order valence-corrected chi connectivity index (χ2v) is 7.27. The number of fused-ring (bicyclic) bond motifs is 1. The number of anilines is 3. The maximum absolute atomic E-state index is 14.6. The van der Waals surface area contributed by atoms with Crippen molar-refractivity contribution in [3.63, 3.8) is 0 Å². The van der Waals surface area contributed by atoms with E-state index in [9.17, 15) is 9.18 Å². The number of halogens is 2. The molecule has 0 saturated heterocycles. The van der Waals surface area contributed by atoms with E-state index in [1.807, 2.05) is 18.2 Å². The quantitative estimate of drug-likeness (QED) is 0.376. The van der Waals surface area contributed by atoms with Crippen molar-refractivity contribution in [3.8, 4) is 5.75 Å². The van der Waals surface area contributed by atoms with Gasteiger partial charge >= 0.3 is 6.03 Å². The van der Waals surface area contributed by atoms with Crippen LogP contribution in [0.25, 0.3) is 11.0 Å². The molecule has 0 spiro atoms. The predicted molar refractivity (Wildman–Crippen MR) is 120 cm³/mol. The van der Waals surface area contributed by atoms with Gasteiger partial charge in [-0.3, -0.25) is 0 Å². The Labute approximate surface area is 182 Å². The molecule has 1 heterocycles. The van der Waals surface area contributed by atoms with Crippen molar-refractivity contribution in [3.05, 3.63) is 77.3 Å². The van der Waals surface area contributed by atoms with Gasteiger partial charge in [0.1, 0.15) is 22.6 Å². The lowest BCUT2D eigenvalue weighted by molar-refractivity contribution is 0.262. The molecule has 4 rings (SSSR count). The molecule has 0 aliphatic rings. The summed E-state index contributed by atoms with van der Waals surface area (Å²) in [6.07, 6.45) is 1.53. The minimum atomic E-state index is -0.543. The van der Waals surface area contributed by atoms with Crippen LogP contribution in [0.15, 0.2) is 60.9 Å². The van der Waals surface area contributed by atoms with Crippen LogP contribution < -0.4 is 21.1 Å². The van der Waals surface area contributed by atoms with Crippen LogP contribution in [-0.4, -0.2) is 22.7 Å². The summed E-state index contributed by atoms with van der Waals surface area (Å²) in [6, 6.07) is 14.4. The summed E-state index contributed by atoms with van der Waals surface area (Å²) in [7, 11) is 1.49. The molecular formula is C22H19ClFN5O2. The van der Waals surface area contributed by atoms with Crippen LogP contribution in [0.4, 0.5) is 26.2 Å². The van der Waals surface area contributed by atoms with Gasteiger partial charge in [0.2, 0.25) is 0 Å². The first-order valence-electron chi connectivity index (χ1n) is 9.34. The molecule has 0 unspecified atom stereocenters. The van der Waals surface area contributed by atoms with Gasteiger partial charge in [-0.1, -0.05) is 23.7 Å². The lowest BCUT2D eigenvalue weighted by Gasteiger charge is -2.12. The van der Waals surface area contributed by atoms with E-state index in [-0.39, 0.29) is 5.52 Å². The number of hydrogen-bond donors (Lipinski definition) is 3. The summed E-state index contributed by atoms with van der Waals surface area (Å²) in [6.45, 7) is 0.383. The zero-order valence-corrected chi connectivity index (χ0v) is 17.3. The highest BCUT2D eigenvalue weighted by molar-refractivity contribution is 6.31. The van der Waals surface area contributed by atoms with E-state index in [1.54, 1.807) is 28.8 Å². The van der Waals surface area contributed by atoms with Gasteiger partial charge in [-0.2, -0.15) is 0 Å². The largest absolute Gasteiger partial charge is 0.495 e. The zero-order chi connectivity index (χ0) is 22.0. The van der Waals surface area contributed by atoms with Crippen LogP contribution in [0, 0.1) is 5.82 Å². The standard InChI is InChI=1S/C22H19ClFN5O2/c1-31-19-8-5-14(23)10-18(19)28-22(30)27-17-7-6-16(24)21-20(17)26-12-29(21)11-13-3-2-4-15(25)9-13/h2-10,12H,11,25H2,1H3,(H2,27,28,30). The SMILES string of the molecule is COc1ccc(Cl)cc1NC(=O)Nc1ccc(F)c2c1ncn2Cc1cccc(N)c1. The molecule has 0 aliphatic carbocycles. The van der Waals surface area contributed by atoms with Gasteiger partial charge in [-0.15, -0.1) is 0 Å². The summed E-state index contributed by atoms with van der Waals surface area (Å²) in [5.74, 6) is 0.00841.